The van der Waals surface area contributed by atoms with E-state index in [0.29, 0.717) is 6.54 Å². The van der Waals surface area contributed by atoms with Gasteiger partial charge in [-0.05, 0) is 19.1 Å². The molecule has 1 heterocycles. The molecular weight excluding hydrogens is 268 g/mol. The number of nitrogens with one attached hydrogen (secondary N) is 1. The highest BCUT2D eigenvalue weighted by atomic mass is 32.2. The third kappa shape index (κ3) is 3.51. The van der Waals surface area contributed by atoms with Crippen molar-refractivity contribution in [3.63, 3.8) is 0 Å². The molecule has 4 nitrogen and oxygen atoms in total. The van der Waals surface area contributed by atoms with Gasteiger partial charge in [0.05, 0.1) is 22.0 Å². The number of hydrogen-bond donors (Lipinski definition) is 1. The van der Waals surface area contributed by atoms with E-state index in [1.807, 2.05) is 31.2 Å². The first-order valence-electron chi connectivity index (χ1n) is 5.72. The lowest BCUT2D eigenvalue weighted by Crippen LogP contribution is -2.25. The highest BCUT2D eigenvalue weighted by Gasteiger charge is 2.11. The molecule has 98 valence electrons. The van der Waals surface area contributed by atoms with Gasteiger partial charge in [-0.1, -0.05) is 12.1 Å². The molecule has 1 N–H and O–H groups in total. The predicted molar refractivity (Wildman–Crippen MR) is 75.7 cm³/mol. The van der Waals surface area contributed by atoms with Gasteiger partial charge in [-0.25, -0.2) is 13.4 Å². The van der Waals surface area contributed by atoms with Crippen molar-refractivity contribution in [1.82, 2.24) is 10.3 Å². The van der Waals surface area contributed by atoms with E-state index in [0.717, 1.165) is 15.2 Å². The Balaban J connectivity index is 2.02. The molecule has 18 heavy (non-hydrogen) atoms. The Morgan fingerprint density at radius 2 is 2.11 bits per heavy atom. The van der Waals surface area contributed by atoms with Crippen LogP contribution in [0.15, 0.2) is 24.3 Å². The Hall–Kier alpha value is -0.980. The Morgan fingerprint density at radius 1 is 1.39 bits per heavy atom. The average molecular weight is 284 g/mol. The second-order valence-electron chi connectivity index (χ2n) is 4.33. The van der Waals surface area contributed by atoms with Gasteiger partial charge in [0.15, 0.2) is 0 Å². The summed E-state index contributed by atoms with van der Waals surface area (Å²) in [7, 11) is -2.91. The standard InChI is InChI=1S/C12H16N2O2S2/c1-9(13-7-8-18(2,15)16)12-14-10-5-3-4-6-11(10)17-12/h3-6,9,13H,7-8H2,1-2H3. The van der Waals surface area contributed by atoms with Crippen LogP contribution < -0.4 is 5.32 Å². The lowest BCUT2D eigenvalue weighted by Gasteiger charge is -2.09. The molecule has 0 bridgehead atoms. The van der Waals surface area contributed by atoms with E-state index in [1.165, 1.54) is 6.26 Å². The zero-order chi connectivity index (χ0) is 13.2. The van der Waals surface area contributed by atoms with Crippen molar-refractivity contribution < 1.29 is 8.42 Å². The molecule has 0 aliphatic rings. The number of sulfone groups is 1. The molecular formula is C12H16N2O2S2. The summed E-state index contributed by atoms with van der Waals surface area (Å²) in [6, 6.07) is 8.06. The number of para-hydroxylation sites is 1. The van der Waals surface area contributed by atoms with Gasteiger partial charge < -0.3 is 5.32 Å². The highest BCUT2D eigenvalue weighted by molar-refractivity contribution is 7.90. The van der Waals surface area contributed by atoms with Crippen LogP contribution in [0.3, 0.4) is 0 Å². The van der Waals surface area contributed by atoms with Gasteiger partial charge in [0.25, 0.3) is 0 Å². The number of fused-ring (bicyclic) bond motifs is 1. The number of aromatic nitrogens is 1. The Morgan fingerprint density at radius 3 is 2.78 bits per heavy atom. The fourth-order valence-corrected chi connectivity index (χ4v) is 3.11. The summed E-state index contributed by atoms with van der Waals surface area (Å²) in [5, 5.41) is 4.18. The zero-order valence-electron chi connectivity index (χ0n) is 10.4. The molecule has 1 aromatic carbocycles. The number of rotatable bonds is 5. The van der Waals surface area contributed by atoms with Crippen molar-refractivity contribution >= 4 is 31.4 Å². The first-order chi connectivity index (χ1) is 8.46. The molecule has 0 aliphatic heterocycles. The molecule has 6 heteroatoms. The van der Waals surface area contributed by atoms with Crippen LogP contribution in [0, 0.1) is 0 Å². The third-order valence-corrected chi connectivity index (χ3v) is 4.77. The second-order valence-corrected chi connectivity index (χ2v) is 7.65. The summed E-state index contributed by atoms with van der Waals surface area (Å²) in [5.74, 6) is 0.155. The van der Waals surface area contributed by atoms with Crippen molar-refractivity contribution in [2.24, 2.45) is 0 Å². The van der Waals surface area contributed by atoms with Gasteiger partial charge in [0.1, 0.15) is 14.8 Å². The minimum atomic E-state index is -2.91. The molecule has 0 amide bonds. The van der Waals surface area contributed by atoms with Crippen molar-refractivity contribution in [2.75, 3.05) is 18.6 Å². The van der Waals surface area contributed by atoms with Crippen molar-refractivity contribution in [3.8, 4) is 0 Å². The van der Waals surface area contributed by atoms with E-state index in [-0.39, 0.29) is 11.8 Å². The Kier molecular flexibility index (Phi) is 3.99. The SMILES string of the molecule is CC(NCCS(C)(=O)=O)c1nc2ccccc2s1. The minimum absolute atomic E-state index is 0.0733. The molecule has 1 unspecified atom stereocenters. The third-order valence-electron chi connectivity index (χ3n) is 2.60. The summed E-state index contributed by atoms with van der Waals surface area (Å²) >= 11 is 1.64. The molecule has 0 radical (unpaired) electrons. The largest absolute Gasteiger partial charge is 0.307 e. The number of thiazole rings is 1. The smallest absolute Gasteiger partial charge is 0.148 e. The van der Waals surface area contributed by atoms with Crippen LogP contribution in [-0.4, -0.2) is 32.0 Å². The van der Waals surface area contributed by atoms with Gasteiger partial charge >= 0.3 is 0 Å². The van der Waals surface area contributed by atoms with E-state index in [1.54, 1.807) is 11.3 Å². The summed E-state index contributed by atoms with van der Waals surface area (Å²) in [6.07, 6.45) is 1.25. The summed E-state index contributed by atoms with van der Waals surface area (Å²) in [4.78, 5) is 4.53. The molecule has 1 atom stereocenters. The van der Waals surface area contributed by atoms with Crippen LogP contribution in [0.2, 0.25) is 0 Å². The summed E-state index contributed by atoms with van der Waals surface area (Å²) in [5.41, 5.74) is 0.995. The molecule has 2 rings (SSSR count). The number of nitrogens with zero attached hydrogens (tertiary/aromatic N) is 1. The number of hydrogen-bond acceptors (Lipinski definition) is 5. The fraction of sp³-hybridized carbons (Fsp3) is 0.417. The van der Waals surface area contributed by atoms with Gasteiger partial charge in [-0.15, -0.1) is 11.3 Å². The number of benzene rings is 1. The van der Waals surface area contributed by atoms with Crippen LogP contribution in [0.5, 0.6) is 0 Å². The zero-order valence-corrected chi connectivity index (χ0v) is 12.0. The first-order valence-corrected chi connectivity index (χ1v) is 8.60. The van der Waals surface area contributed by atoms with Crippen LogP contribution >= 0.6 is 11.3 Å². The van der Waals surface area contributed by atoms with Crippen molar-refractivity contribution in [2.45, 2.75) is 13.0 Å². The summed E-state index contributed by atoms with van der Waals surface area (Å²) < 4.78 is 23.2. The van der Waals surface area contributed by atoms with Gasteiger partial charge in [0, 0.05) is 12.8 Å². The predicted octanol–water partition coefficient (Wildman–Crippen LogP) is 1.99. The maximum Gasteiger partial charge on any atom is 0.148 e. The van der Waals surface area contributed by atoms with Crippen LogP contribution in [0.4, 0.5) is 0 Å². The van der Waals surface area contributed by atoms with E-state index in [9.17, 15) is 8.42 Å². The lowest BCUT2D eigenvalue weighted by atomic mass is 10.3. The van der Waals surface area contributed by atoms with Crippen LogP contribution in [0.25, 0.3) is 10.2 Å². The second kappa shape index (κ2) is 5.34. The highest BCUT2D eigenvalue weighted by Crippen LogP contribution is 2.25. The molecule has 1 aromatic heterocycles. The lowest BCUT2D eigenvalue weighted by molar-refractivity contribution is 0.574. The maximum atomic E-state index is 11.0. The van der Waals surface area contributed by atoms with E-state index in [4.69, 9.17) is 0 Å². The monoisotopic (exact) mass is 284 g/mol. The molecule has 0 aliphatic carbocycles. The first kappa shape index (κ1) is 13.5. The fourth-order valence-electron chi connectivity index (χ4n) is 1.62. The van der Waals surface area contributed by atoms with Crippen molar-refractivity contribution in [3.05, 3.63) is 29.3 Å². The Bertz CT molecular complexity index is 601. The topological polar surface area (TPSA) is 59.1 Å². The normalized spacial score (nSPS) is 13.9. The maximum absolute atomic E-state index is 11.0. The molecule has 2 aromatic rings. The van der Waals surface area contributed by atoms with E-state index >= 15 is 0 Å². The molecule has 0 saturated heterocycles. The van der Waals surface area contributed by atoms with Gasteiger partial charge in [-0.2, -0.15) is 0 Å². The average Bonchev–Trinajstić information content (AvgIpc) is 2.70. The van der Waals surface area contributed by atoms with Crippen LogP contribution in [0.1, 0.15) is 18.0 Å². The van der Waals surface area contributed by atoms with E-state index in [2.05, 4.69) is 10.3 Å². The molecule has 0 saturated carbocycles. The Labute approximate surface area is 111 Å². The summed E-state index contributed by atoms with van der Waals surface area (Å²) in [6.45, 7) is 2.45. The minimum Gasteiger partial charge on any atom is -0.307 e. The van der Waals surface area contributed by atoms with Crippen LogP contribution in [-0.2, 0) is 9.84 Å². The van der Waals surface area contributed by atoms with Crippen molar-refractivity contribution in [1.29, 1.82) is 0 Å². The molecule has 0 spiro atoms. The van der Waals surface area contributed by atoms with Gasteiger partial charge in [-0.3, -0.25) is 0 Å². The van der Waals surface area contributed by atoms with E-state index < -0.39 is 9.84 Å². The molecule has 0 fully saturated rings. The quantitative estimate of drug-likeness (QED) is 0.912. The van der Waals surface area contributed by atoms with Gasteiger partial charge in [0.2, 0.25) is 0 Å².